The molecule has 3 aromatic rings. The van der Waals surface area contributed by atoms with Crippen LogP contribution < -0.4 is 10.6 Å². The lowest BCUT2D eigenvalue weighted by Crippen LogP contribution is -2.22. The normalized spacial score (nSPS) is 10.5. The molecule has 0 atom stereocenters. The lowest BCUT2D eigenvalue weighted by Gasteiger charge is -2.11. The van der Waals surface area contributed by atoms with Crippen LogP contribution in [-0.4, -0.2) is 28.3 Å². The summed E-state index contributed by atoms with van der Waals surface area (Å²) in [6.45, 7) is 3.69. The summed E-state index contributed by atoms with van der Waals surface area (Å²) < 4.78 is 12.1. The van der Waals surface area contributed by atoms with Crippen molar-refractivity contribution in [3.8, 4) is 0 Å². The summed E-state index contributed by atoms with van der Waals surface area (Å²) in [6.07, 6.45) is 1.58. The third-order valence-corrected chi connectivity index (χ3v) is 4.29. The maximum atomic E-state index is 12.4. The number of rotatable bonds is 7. The molecule has 0 saturated carbocycles. The van der Waals surface area contributed by atoms with Crippen LogP contribution in [0, 0.1) is 13.8 Å². The van der Waals surface area contributed by atoms with Crippen molar-refractivity contribution in [2.75, 3.05) is 17.2 Å². The van der Waals surface area contributed by atoms with Crippen molar-refractivity contribution < 1.29 is 18.7 Å². The lowest BCUT2D eigenvalue weighted by molar-refractivity contribution is -0.119. The molecule has 146 valence electrons. The average molecular weight is 382 g/mol. The Morgan fingerprint density at radius 2 is 1.96 bits per heavy atom. The molecular weight excluding hydrogens is 360 g/mol. The van der Waals surface area contributed by atoms with E-state index < -0.39 is 11.9 Å². The summed E-state index contributed by atoms with van der Waals surface area (Å²) in [7, 11) is 1.80. The van der Waals surface area contributed by atoms with Gasteiger partial charge >= 0.3 is 5.97 Å². The number of carbonyl (C=O) groups excluding carboxylic acids is 2. The Morgan fingerprint density at radius 1 is 1.18 bits per heavy atom. The standard InChI is InChI=1S/C20H22N4O4/c1-13-19(14(2)24(3)23-13)22-18(25)12-28-20(26)16-8-4-5-9-17(16)21-11-15-7-6-10-27-15/h4-10,21H,11-12H2,1-3H3,(H,22,25). The smallest absolute Gasteiger partial charge is 0.340 e. The Hall–Kier alpha value is -3.55. The molecule has 0 unspecified atom stereocenters. The van der Waals surface area contributed by atoms with E-state index >= 15 is 0 Å². The molecule has 3 rings (SSSR count). The fourth-order valence-electron chi connectivity index (χ4n) is 2.75. The molecule has 2 heterocycles. The van der Waals surface area contributed by atoms with Crippen LogP contribution in [0.25, 0.3) is 0 Å². The summed E-state index contributed by atoms with van der Waals surface area (Å²) >= 11 is 0. The molecule has 0 aliphatic carbocycles. The van der Waals surface area contributed by atoms with Crippen LogP contribution in [0.5, 0.6) is 0 Å². The van der Waals surface area contributed by atoms with Gasteiger partial charge in [0.1, 0.15) is 5.76 Å². The first-order chi connectivity index (χ1) is 13.5. The van der Waals surface area contributed by atoms with E-state index in [1.54, 1.807) is 49.2 Å². The molecule has 0 aliphatic heterocycles. The number of ether oxygens (including phenoxy) is 1. The number of benzene rings is 1. The van der Waals surface area contributed by atoms with Crippen molar-refractivity contribution in [3.63, 3.8) is 0 Å². The second kappa shape index (κ2) is 8.43. The molecule has 0 spiro atoms. The van der Waals surface area contributed by atoms with Gasteiger partial charge in [-0.2, -0.15) is 5.10 Å². The van der Waals surface area contributed by atoms with Crippen molar-refractivity contribution in [1.29, 1.82) is 0 Å². The molecule has 28 heavy (non-hydrogen) atoms. The number of anilines is 2. The minimum atomic E-state index is -0.586. The van der Waals surface area contributed by atoms with Crippen LogP contribution in [0.4, 0.5) is 11.4 Å². The highest BCUT2D eigenvalue weighted by Gasteiger charge is 2.16. The van der Waals surface area contributed by atoms with Gasteiger partial charge in [0.15, 0.2) is 6.61 Å². The van der Waals surface area contributed by atoms with Crippen LogP contribution in [-0.2, 0) is 23.1 Å². The molecule has 0 radical (unpaired) electrons. The summed E-state index contributed by atoms with van der Waals surface area (Å²) in [5.74, 6) is -0.268. The van der Waals surface area contributed by atoms with E-state index in [0.717, 1.165) is 11.5 Å². The Balaban J connectivity index is 1.59. The largest absolute Gasteiger partial charge is 0.467 e. The van der Waals surface area contributed by atoms with Gasteiger partial charge in [-0.3, -0.25) is 9.48 Å². The van der Waals surface area contributed by atoms with Crippen molar-refractivity contribution in [2.24, 2.45) is 7.05 Å². The minimum absolute atomic E-state index is 0.343. The van der Waals surface area contributed by atoms with Gasteiger partial charge in [0.2, 0.25) is 0 Å². The number of aryl methyl sites for hydroxylation is 2. The SMILES string of the molecule is Cc1nn(C)c(C)c1NC(=O)COC(=O)c1ccccc1NCc1ccco1. The van der Waals surface area contributed by atoms with Gasteiger partial charge in [-0.15, -0.1) is 0 Å². The van der Waals surface area contributed by atoms with Gasteiger partial charge in [0.25, 0.3) is 5.91 Å². The quantitative estimate of drug-likeness (QED) is 0.610. The highest BCUT2D eigenvalue weighted by atomic mass is 16.5. The number of esters is 1. The van der Waals surface area contributed by atoms with E-state index in [0.29, 0.717) is 29.2 Å². The number of para-hydroxylation sites is 1. The van der Waals surface area contributed by atoms with Crippen molar-refractivity contribution in [1.82, 2.24) is 9.78 Å². The van der Waals surface area contributed by atoms with Crippen molar-refractivity contribution >= 4 is 23.3 Å². The van der Waals surface area contributed by atoms with E-state index in [1.165, 1.54) is 0 Å². The van der Waals surface area contributed by atoms with Crippen LogP contribution in [0.2, 0.25) is 0 Å². The Labute approximate surface area is 162 Å². The number of carbonyl (C=O) groups is 2. The Bertz CT molecular complexity index is 976. The van der Waals surface area contributed by atoms with Crippen LogP contribution in [0.1, 0.15) is 27.5 Å². The molecule has 1 amide bonds. The average Bonchev–Trinajstić information content (AvgIpc) is 3.29. The number of hydrogen-bond donors (Lipinski definition) is 2. The molecular formula is C20H22N4O4. The maximum Gasteiger partial charge on any atom is 0.340 e. The fraction of sp³-hybridized carbons (Fsp3) is 0.250. The third kappa shape index (κ3) is 4.40. The summed E-state index contributed by atoms with van der Waals surface area (Å²) in [5, 5.41) is 10.1. The van der Waals surface area contributed by atoms with E-state index in [2.05, 4.69) is 15.7 Å². The van der Waals surface area contributed by atoms with Gasteiger partial charge < -0.3 is 19.8 Å². The first kappa shape index (κ1) is 19.2. The van der Waals surface area contributed by atoms with Crippen LogP contribution in [0.15, 0.2) is 47.1 Å². The Kier molecular flexibility index (Phi) is 5.78. The van der Waals surface area contributed by atoms with E-state index in [9.17, 15) is 9.59 Å². The highest BCUT2D eigenvalue weighted by molar-refractivity contribution is 5.98. The molecule has 0 bridgehead atoms. The second-order valence-electron chi connectivity index (χ2n) is 6.27. The van der Waals surface area contributed by atoms with Gasteiger partial charge in [-0.25, -0.2) is 4.79 Å². The molecule has 1 aromatic carbocycles. The topological polar surface area (TPSA) is 98.4 Å². The lowest BCUT2D eigenvalue weighted by atomic mass is 10.2. The van der Waals surface area contributed by atoms with E-state index in [-0.39, 0.29) is 6.61 Å². The number of hydrogen-bond acceptors (Lipinski definition) is 6. The second-order valence-corrected chi connectivity index (χ2v) is 6.27. The van der Waals surface area contributed by atoms with Gasteiger partial charge in [-0.1, -0.05) is 12.1 Å². The van der Waals surface area contributed by atoms with E-state index in [1.807, 2.05) is 19.1 Å². The number of nitrogens with one attached hydrogen (secondary N) is 2. The molecule has 8 nitrogen and oxygen atoms in total. The van der Waals surface area contributed by atoms with Gasteiger partial charge in [0.05, 0.1) is 35.4 Å². The summed E-state index contributed by atoms with van der Waals surface area (Å²) in [4.78, 5) is 24.6. The predicted molar refractivity (Wildman–Crippen MR) is 104 cm³/mol. The first-order valence-corrected chi connectivity index (χ1v) is 8.78. The zero-order valence-electron chi connectivity index (χ0n) is 16.0. The molecule has 2 N–H and O–H groups in total. The molecule has 2 aromatic heterocycles. The molecule has 0 saturated heterocycles. The number of aromatic nitrogens is 2. The molecule has 0 aliphatic rings. The maximum absolute atomic E-state index is 12.4. The summed E-state index contributed by atoms with van der Waals surface area (Å²) in [6, 6.07) is 10.6. The number of furan rings is 1. The van der Waals surface area contributed by atoms with Gasteiger partial charge in [0, 0.05) is 12.7 Å². The number of nitrogens with zero attached hydrogens (tertiary/aromatic N) is 2. The zero-order chi connectivity index (χ0) is 20.1. The van der Waals surface area contributed by atoms with Gasteiger partial charge in [-0.05, 0) is 38.1 Å². The minimum Gasteiger partial charge on any atom is -0.467 e. The highest BCUT2D eigenvalue weighted by Crippen LogP contribution is 2.19. The summed E-state index contributed by atoms with van der Waals surface area (Å²) in [5.41, 5.74) is 3.10. The van der Waals surface area contributed by atoms with Crippen molar-refractivity contribution in [3.05, 3.63) is 65.4 Å². The predicted octanol–water partition coefficient (Wildman–Crippen LogP) is 3.04. The fourth-order valence-corrected chi connectivity index (χ4v) is 2.75. The molecule has 8 heteroatoms. The van der Waals surface area contributed by atoms with Crippen LogP contribution >= 0.6 is 0 Å². The van der Waals surface area contributed by atoms with E-state index in [4.69, 9.17) is 9.15 Å². The van der Waals surface area contributed by atoms with Crippen LogP contribution in [0.3, 0.4) is 0 Å². The monoisotopic (exact) mass is 382 g/mol. The third-order valence-electron chi connectivity index (χ3n) is 4.29. The zero-order valence-corrected chi connectivity index (χ0v) is 16.0. The molecule has 0 fully saturated rings. The Morgan fingerprint density at radius 3 is 2.64 bits per heavy atom. The number of amides is 1. The first-order valence-electron chi connectivity index (χ1n) is 8.78. The van der Waals surface area contributed by atoms with Crippen molar-refractivity contribution in [2.45, 2.75) is 20.4 Å².